The summed E-state index contributed by atoms with van der Waals surface area (Å²) in [5.41, 5.74) is 4.16. The fourth-order valence-corrected chi connectivity index (χ4v) is 1.33. The number of aromatic hydroxyl groups is 1. The molecule has 3 N–H and O–H groups in total. The van der Waals surface area contributed by atoms with Gasteiger partial charge >= 0.3 is 12.1 Å². The van der Waals surface area contributed by atoms with Crippen molar-refractivity contribution in [3.8, 4) is 11.5 Å². The van der Waals surface area contributed by atoms with Gasteiger partial charge in [-0.25, -0.2) is 0 Å². The van der Waals surface area contributed by atoms with E-state index in [9.17, 15) is 27.1 Å². The molecule has 1 aromatic carbocycles. The lowest BCUT2D eigenvalue weighted by Crippen LogP contribution is -2.45. The van der Waals surface area contributed by atoms with E-state index in [1.165, 1.54) is 6.07 Å². The van der Waals surface area contributed by atoms with Crippen molar-refractivity contribution >= 4 is 0 Å². The number of nitrogens with two attached hydrogens (primary N) is 1. The minimum absolute atomic E-state index is 0.235. The van der Waals surface area contributed by atoms with Gasteiger partial charge in [0.25, 0.3) is 0 Å². The summed E-state index contributed by atoms with van der Waals surface area (Å²) < 4.78 is 67.1. The average molecular weight is 271 g/mol. The number of halogens is 5. The van der Waals surface area contributed by atoms with E-state index in [1.807, 2.05) is 0 Å². The summed E-state index contributed by atoms with van der Waals surface area (Å²) in [5, 5.41) is 9.48. The Morgan fingerprint density at radius 3 is 2.22 bits per heavy atom. The van der Waals surface area contributed by atoms with Crippen molar-refractivity contribution in [1.82, 2.24) is 0 Å². The number of phenols is 1. The highest BCUT2D eigenvalue weighted by Gasteiger charge is 2.62. The molecule has 18 heavy (non-hydrogen) atoms. The number of ether oxygens (including phenoxy) is 1. The second-order valence-electron chi connectivity index (χ2n) is 3.50. The fourth-order valence-electron chi connectivity index (χ4n) is 1.33. The van der Waals surface area contributed by atoms with Gasteiger partial charge in [0.1, 0.15) is 6.04 Å². The van der Waals surface area contributed by atoms with Crippen LogP contribution in [-0.4, -0.2) is 24.3 Å². The Bertz CT molecular complexity index is 433. The van der Waals surface area contributed by atoms with Gasteiger partial charge in [0.15, 0.2) is 11.5 Å². The minimum atomic E-state index is -5.80. The van der Waals surface area contributed by atoms with Gasteiger partial charge in [-0.3, -0.25) is 0 Å². The SMILES string of the molecule is COc1cccc([C@@H](N)C(F)(F)C(F)(F)F)c1O. The molecule has 0 amide bonds. The van der Waals surface area contributed by atoms with Gasteiger partial charge in [-0.1, -0.05) is 12.1 Å². The second-order valence-corrected chi connectivity index (χ2v) is 3.50. The monoisotopic (exact) mass is 271 g/mol. The maximum Gasteiger partial charge on any atom is 0.455 e. The van der Waals surface area contributed by atoms with E-state index in [0.717, 1.165) is 19.2 Å². The summed E-state index contributed by atoms with van der Waals surface area (Å²) >= 11 is 0. The third-order valence-corrected chi connectivity index (χ3v) is 2.35. The minimum Gasteiger partial charge on any atom is -0.504 e. The van der Waals surface area contributed by atoms with E-state index in [1.54, 1.807) is 0 Å². The number of para-hydroxylation sites is 1. The number of hydrogen-bond acceptors (Lipinski definition) is 3. The summed E-state index contributed by atoms with van der Waals surface area (Å²) in [6.07, 6.45) is -5.80. The molecule has 3 nitrogen and oxygen atoms in total. The molecule has 1 atom stereocenters. The maximum absolute atomic E-state index is 13.0. The quantitative estimate of drug-likeness (QED) is 0.831. The number of rotatable bonds is 3. The first-order chi connectivity index (χ1) is 8.13. The first-order valence-corrected chi connectivity index (χ1v) is 4.69. The molecule has 0 aliphatic carbocycles. The van der Waals surface area contributed by atoms with Crippen LogP contribution in [0.4, 0.5) is 22.0 Å². The smallest absolute Gasteiger partial charge is 0.455 e. The molecule has 0 saturated carbocycles. The summed E-state index contributed by atoms with van der Waals surface area (Å²) in [7, 11) is 1.13. The predicted octanol–water partition coefficient (Wildman–Crippen LogP) is 2.60. The lowest BCUT2D eigenvalue weighted by Gasteiger charge is -2.26. The van der Waals surface area contributed by atoms with Crippen LogP contribution in [-0.2, 0) is 0 Å². The molecular weight excluding hydrogens is 261 g/mol. The maximum atomic E-state index is 13.0. The molecule has 0 fully saturated rings. The predicted molar refractivity (Wildman–Crippen MR) is 52.6 cm³/mol. The van der Waals surface area contributed by atoms with Gasteiger partial charge in [-0.05, 0) is 6.07 Å². The van der Waals surface area contributed by atoms with Crippen LogP contribution < -0.4 is 10.5 Å². The molecule has 8 heteroatoms. The number of phenolic OH excluding ortho intramolecular Hbond substituents is 1. The Kier molecular flexibility index (Phi) is 3.70. The van der Waals surface area contributed by atoms with Gasteiger partial charge in [0.05, 0.1) is 7.11 Å². The molecule has 0 aromatic heterocycles. The molecule has 0 saturated heterocycles. The zero-order chi connectivity index (χ0) is 14.1. The summed E-state index contributed by atoms with van der Waals surface area (Å²) in [6, 6.07) is 0.521. The molecular formula is C10H10F5NO2. The molecule has 0 radical (unpaired) electrons. The van der Waals surface area contributed by atoms with Gasteiger partial charge in [-0.2, -0.15) is 22.0 Å². The molecule has 0 aliphatic heterocycles. The van der Waals surface area contributed by atoms with Gasteiger partial charge in [0, 0.05) is 5.56 Å². The first kappa shape index (κ1) is 14.5. The molecule has 0 bridgehead atoms. The number of hydrogen-bond donors (Lipinski definition) is 2. The van der Waals surface area contributed by atoms with Gasteiger partial charge < -0.3 is 15.6 Å². The molecule has 0 aliphatic rings. The second kappa shape index (κ2) is 4.60. The highest BCUT2D eigenvalue weighted by Crippen LogP contribution is 2.46. The molecule has 102 valence electrons. The number of methoxy groups -OCH3 is 1. The van der Waals surface area contributed by atoms with E-state index >= 15 is 0 Å². The lowest BCUT2D eigenvalue weighted by molar-refractivity contribution is -0.291. The Morgan fingerprint density at radius 2 is 1.78 bits per heavy atom. The molecule has 0 spiro atoms. The van der Waals surface area contributed by atoms with E-state index in [4.69, 9.17) is 5.73 Å². The van der Waals surface area contributed by atoms with Crippen molar-refractivity contribution in [2.45, 2.75) is 18.1 Å². The van der Waals surface area contributed by atoms with Crippen molar-refractivity contribution in [2.75, 3.05) is 7.11 Å². The molecule has 1 aromatic rings. The van der Waals surface area contributed by atoms with Crippen LogP contribution in [0.25, 0.3) is 0 Å². The Hall–Kier alpha value is -1.57. The largest absolute Gasteiger partial charge is 0.504 e. The normalized spacial score (nSPS) is 14.4. The molecule has 1 rings (SSSR count). The Morgan fingerprint density at radius 1 is 1.22 bits per heavy atom. The van der Waals surface area contributed by atoms with Crippen LogP contribution in [0, 0.1) is 0 Å². The van der Waals surface area contributed by atoms with E-state index in [0.29, 0.717) is 0 Å². The Balaban J connectivity index is 3.23. The van der Waals surface area contributed by atoms with E-state index in [2.05, 4.69) is 4.74 Å². The number of alkyl halides is 5. The zero-order valence-electron chi connectivity index (χ0n) is 9.13. The summed E-state index contributed by atoms with van der Waals surface area (Å²) in [5.74, 6) is -6.23. The Labute approximate surface area is 99.0 Å². The van der Waals surface area contributed by atoms with Crippen molar-refractivity contribution in [1.29, 1.82) is 0 Å². The summed E-state index contributed by atoms with van der Waals surface area (Å²) in [4.78, 5) is 0. The fraction of sp³-hybridized carbons (Fsp3) is 0.400. The van der Waals surface area contributed by atoms with Gasteiger partial charge in [-0.15, -0.1) is 0 Å². The van der Waals surface area contributed by atoms with Crippen LogP contribution >= 0.6 is 0 Å². The van der Waals surface area contributed by atoms with Crippen LogP contribution in [0.1, 0.15) is 11.6 Å². The van der Waals surface area contributed by atoms with Crippen LogP contribution in [0.15, 0.2) is 18.2 Å². The molecule has 0 unspecified atom stereocenters. The van der Waals surface area contributed by atoms with Gasteiger partial charge in [0.2, 0.25) is 0 Å². The highest BCUT2D eigenvalue weighted by molar-refractivity contribution is 5.47. The average Bonchev–Trinajstić information content (AvgIpc) is 2.27. The molecule has 0 heterocycles. The van der Waals surface area contributed by atoms with Crippen LogP contribution in [0.3, 0.4) is 0 Å². The van der Waals surface area contributed by atoms with Crippen LogP contribution in [0.5, 0.6) is 11.5 Å². The topological polar surface area (TPSA) is 55.5 Å². The third-order valence-electron chi connectivity index (χ3n) is 2.35. The van der Waals surface area contributed by atoms with Crippen molar-refractivity contribution < 1.29 is 31.8 Å². The standard InChI is InChI=1S/C10H10F5NO2/c1-18-6-4-2-3-5(7(6)17)8(16)9(11,12)10(13,14)15/h2-4,8,17H,16H2,1H3/t8-/m1/s1. The van der Waals surface area contributed by atoms with Crippen LogP contribution in [0.2, 0.25) is 0 Å². The van der Waals surface area contributed by atoms with Crippen molar-refractivity contribution in [3.05, 3.63) is 23.8 Å². The number of benzene rings is 1. The first-order valence-electron chi connectivity index (χ1n) is 4.69. The van der Waals surface area contributed by atoms with E-state index in [-0.39, 0.29) is 5.75 Å². The third kappa shape index (κ3) is 2.33. The van der Waals surface area contributed by atoms with Crippen molar-refractivity contribution in [2.24, 2.45) is 5.73 Å². The summed E-state index contributed by atoms with van der Waals surface area (Å²) in [6.45, 7) is 0. The van der Waals surface area contributed by atoms with Crippen molar-refractivity contribution in [3.63, 3.8) is 0 Å². The lowest BCUT2D eigenvalue weighted by atomic mass is 9.99. The zero-order valence-corrected chi connectivity index (χ0v) is 9.13. The highest BCUT2D eigenvalue weighted by atomic mass is 19.4. The van der Waals surface area contributed by atoms with E-state index < -0.39 is 29.5 Å².